The van der Waals surface area contributed by atoms with Crippen LogP contribution in [-0.2, 0) is 7.05 Å². The molecule has 1 aliphatic heterocycles. The van der Waals surface area contributed by atoms with Gasteiger partial charge in [-0.25, -0.2) is 14.6 Å². The van der Waals surface area contributed by atoms with Crippen LogP contribution < -0.4 is 19.1 Å². The predicted octanol–water partition coefficient (Wildman–Crippen LogP) is 3.46. The van der Waals surface area contributed by atoms with Crippen molar-refractivity contribution in [3.63, 3.8) is 0 Å². The van der Waals surface area contributed by atoms with Crippen LogP contribution in [0.15, 0.2) is 48.7 Å². The van der Waals surface area contributed by atoms with Crippen LogP contribution in [0.1, 0.15) is 20.7 Å². The molecule has 2 amide bonds. The van der Waals surface area contributed by atoms with Gasteiger partial charge in [0.1, 0.15) is 22.9 Å². The molecule has 0 saturated heterocycles. The van der Waals surface area contributed by atoms with E-state index < -0.39 is 11.8 Å². The molecule has 9 heteroatoms. The van der Waals surface area contributed by atoms with E-state index in [0.29, 0.717) is 39.7 Å². The lowest BCUT2D eigenvalue weighted by Crippen LogP contribution is -2.29. The zero-order chi connectivity index (χ0) is 23.3. The summed E-state index contributed by atoms with van der Waals surface area (Å²) < 4.78 is 17.5. The number of aromatic nitrogens is 3. The molecule has 3 heterocycles. The van der Waals surface area contributed by atoms with Crippen molar-refractivity contribution in [2.75, 3.05) is 26.2 Å². The SMILES string of the molecule is COc1ccc(-c2nn(C)c3ncc4c(c23)C(=O)N(c2cc(OC)ccc2OC)C4=O)cc1. The Hall–Kier alpha value is -4.40. The number of amides is 2. The van der Waals surface area contributed by atoms with Crippen LogP contribution in [0, 0.1) is 0 Å². The molecule has 33 heavy (non-hydrogen) atoms. The normalized spacial score (nSPS) is 12.9. The molecule has 2 aromatic heterocycles. The minimum atomic E-state index is -0.486. The van der Waals surface area contributed by atoms with Crippen LogP contribution in [0.2, 0.25) is 0 Å². The highest BCUT2D eigenvalue weighted by Crippen LogP contribution is 2.41. The maximum absolute atomic E-state index is 13.7. The van der Waals surface area contributed by atoms with Crippen LogP contribution in [0.5, 0.6) is 17.2 Å². The number of hydrogen-bond donors (Lipinski definition) is 0. The van der Waals surface area contributed by atoms with Gasteiger partial charge in [-0.05, 0) is 36.4 Å². The highest BCUT2D eigenvalue weighted by atomic mass is 16.5. The van der Waals surface area contributed by atoms with E-state index in [-0.39, 0.29) is 11.1 Å². The average Bonchev–Trinajstić information content (AvgIpc) is 3.32. The van der Waals surface area contributed by atoms with Gasteiger partial charge in [-0.1, -0.05) is 0 Å². The van der Waals surface area contributed by atoms with Gasteiger partial charge < -0.3 is 14.2 Å². The fourth-order valence-electron chi connectivity index (χ4n) is 4.07. The first kappa shape index (κ1) is 20.5. The number of fused-ring (bicyclic) bond motifs is 3. The second-order valence-electron chi connectivity index (χ2n) is 7.43. The molecular weight excluding hydrogens is 424 g/mol. The van der Waals surface area contributed by atoms with E-state index in [1.54, 1.807) is 37.0 Å². The number of imide groups is 1. The van der Waals surface area contributed by atoms with Gasteiger partial charge in [0.25, 0.3) is 11.8 Å². The molecule has 0 bridgehead atoms. The van der Waals surface area contributed by atoms with E-state index in [2.05, 4.69) is 10.1 Å². The molecule has 0 saturated carbocycles. The number of pyridine rings is 1. The highest BCUT2D eigenvalue weighted by molar-refractivity contribution is 6.38. The number of nitrogens with zero attached hydrogens (tertiary/aromatic N) is 4. The second kappa shape index (κ2) is 7.63. The lowest BCUT2D eigenvalue weighted by atomic mass is 10.0. The summed E-state index contributed by atoms with van der Waals surface area (Å²) in [5, 5.41) is 5.11. The summed E-state index contributed by atoms with van der Waals surface area (Å²) in [6.07, 6.45) is 1.42. The first-order chi connectivity index (χ1) is 16.0. The standard InChI is InChI=1S/C24H20N4O5/c1-27-22-20(21(26-27)13-5-7-14(31-2)8-6-13)19-16(12-25-22)23(29)28(24(19)30)17-11-15(32-3)9-10-18(17)33-4/h5-12H,1-4H3. The molecule has 0 unspecified atom stereocenters. The van der Waals surface area contributed by atoms with Crippen molar-refractivity contribution in [2.45, 2.75) is 0 Å². The number of hydrogen-bond acceptors (Lipinski definition) is 7. The van der Waals surface area contributed by atoms with Crippen molar-refractivity contribution >= 4 is 28.5 Å². The van der Waals surface area contributed by atoms with Gasteiger partial charge >= 0.3 is 0 Å². The number of carbonyl (C=O) groups excluding carboxylic acids is 2. The van der Waals surface area contributed by atoms with Gasteiger partial charge in [0, 0.05) is 24.9 Å². The fourth-order valence-corrected chi connectivity index (χ4v) is 4.07. The Kier molecular flexibility index (Phi) is 4.74. The smallest absolute Gasteiger partial charge is 0.267 e. The van der Waals surface area contributed by atoms with Gasteiger partial charge in [-0.2, -0.15) is 5.10 Å². The summed E-state index contributed by atoms with van der Waals surface area (Å²) in [5.74, 6) is 0.601. The lowest BCUT2D eigenvalue weighted by molar-refractivity contribution is 0.0925. The zero-order valence-corrected chi connectivity index (χ0v) is 18.4. The first-order valence-corrected chi connectivity index (χ1v) is 10.1. The molecule has 0 atom stereocenters. The van der Waals surface area contributed by atoms with E-state index >= 15 is 0 Å². The summed E-state index contributed by atoms with van der Waals surface area (Å²) in [4.78, 5) is 32.6. The molecule has 1 aliphatic rings. The van der Waals surface area contributed by atoms with E-state index in [0.717, 1.165) is 10.5 Å². The van der Waals surface area contributed by atoms with E-state index in [9.17, 15) is 9.59 Å². The molecule has 0 N–H and O–H groups in total. The Morgan fingerprint density at radius 2 is 1.55 bits per heavy atom. The molecule has 0 fully saturated rings. The van der Waals surface area contributed by atoms with Crippen molar-refractivity contribution in [2.24, 2.45) is 7.05 Å². The van der Waals surface area contributed by atoms with E-state index in [1.807, 2.05) is 24.3 Å². The van der Waals surface area contributed by atoms with Gasteiger partial charge in [0.2, 0.25) is 0 Å². The minimum Gasteiger partial charge on any atom is -0.497 e. The van der Waals surface area contributed by atoms with Crippen LogP contribution in [0.4, 0.5) is 5.69 Å². The number of rotatable bonds is 5. The van der Waals surface area contributed by atoms with Crippen molar-refractivity contribution in [1.29, 1.82) is 0 Å². The summed E-state index contributed by atoms with van der Waals surface area (Å²) in [6, 6.07) is 12.3. The topological polar surface area (TPSA) is 95.8 Å². The molecule has 0 aliphatic carbocycles. The highest BCUT2D eigenvalue weighted by Gasteiger charge is 2.41. The number of aryl methyl sites for hydroxylation is 1. The minimum absolute atomic E-state index is 0.208. The predicted molar refractivity (Wildman–Crippen MR) is 121 cm³/mol. The molecule has 0 spiro atoms. The molecule has 4 aromatic rings. The number of ether oxygens (including phenoxy) is 3. The maximum atomic E-state index is 13.7. The quantitative estimate of drug-likeness (QED) is 0.435. The fraction of sp³-hybridized carbons (Fsp3) is 0.167. The molecule has 0 radical (unpaired) electrons. The largest absolute Gasteiger partial charge is 0.497 e. The Balaban J connectivity index is 1.73. The number of carbonyl (C=O) groups is 2. The Labute approximate surface area is 189 Å². The van der Waals surface area contributed by atoms with Crippen molar-refractivity contribution in [3.8, 4) is 28.5 Å². The molecular formula is C24H20N4O5. The first-order valence-electron chi connectivity index (χ1n) is 10.1. The van der Waals surface area contributed by atoms with E-state index in [4.69, 9.17) is 14.2 Å². The van der Waals surface area contributed by atoms with Gasteiger partial charge in [-0.3, -0.25) is 9.59 Å². The molecule has 9 nitrogen and oxygen atoms in total. The Morgan fingerprint density at radius 3 is 2.21 bits per heavy atom. The summed E-state index contributed by atoms with van der Waals surface area (Å²) >= 11 is 0. The Bertz CT molecular complexity index is 1430. The van der Waals surface area contributed by atoms with Crippen molar-refractivity contribution < 1.29 is 23.8 Å². The maximum Gasteiger partial charge on any atom is 0.267 e. The molecule has 5 rings (SSSR count). The second-order valence-corrected chi connectivity index (χ2v) is 7.43. The summed E-state index contributed by atoms with van der Waals surface area (Å²) in [6.45, 7) is 0. The third-order valence-corrected chi connectivity index (χ3v) is 5.69. The third-order valence-electron chi connectivity index (χ3n) is 5.69. The molecule has 166 valence electrons. The summed E-state index contributed by atoms with van der Waals surface area (Å²) in [7, 11) is 6.33. The third kappa shape index (κ3) is 3.00. The Morgan fingerprint density at radius 1 is 0.848 bits per heavy atom. The van der Waals surface area contributed by atoms with Crippen LogP contribution in [0.3, 0.4) is 0 Å². The van der Waals surface area contributed by atoms with Crippen LogP contribution in [0.25, 0.3) is 22.3 Å². The monoisotopic (exact) mass is 444 g/mol. The van der Waals surface area contributed by atoms with Crippen molar-refractivity contribution in [3.05, 3.63) is 59.8 Å². The molecule has 2 aromatic carbocycles. The zero-order valence-electron chi connectivity index (χ0n) is 18.4. The number of methoxy groups -OCH3 is 3. The van der Waals surface area contributed by atoms with Gasteiger partial charge in [0.15, 0.2) is 5.65 Å². The van der Waals surface area contributed by atoms with Crippen LogP contribution in [-0.4, -0.2) is 47.9 Å². The van der Waals surface area contributed by atoms with Gasteiger partial charge in [0.05, 0.1) is 43.5 Å². The van der Waals surface area contributed by atoms with Crippen LogP contribution >= 0.6 is 0 Å². The van der Waals surface area contributed by atoms with Crippen molar-refractivity contribution in [1.82, 2.24) is 14.8 Å². The van der Waals surface area contributed by atoms with E-state index in [1.165, 1.54) is 20.4 Å². The average molecular weight is 444 g/mol. The van der Waals surface area contributed by atoms with Gasteiger partial charge in [-0.15, -0.1) is 0 Å². The lowest BCUT2D eigenvalue weighted by Gasteiger charge is -2.18. The number of benzene rings is 2. The summed E-state index contributed by atoms with van der Waals surface area (Å²) in [5.41, 5.74) is 2.59. The number of anilines is 1.